The van der Waals surface area contributed by atoms with Gasteiger partial charge in [0.15, 0.2) is 0 Å². The van der Waals surface area contributed by atoms with E-state index in [-0.39, 0.29) is 11.8 Å². The van der Waals surface area contributed by atoms with Gasteiger partial charge < -0.3 is 5.32 Å². The number of amides is 2. The van der Waals surface area contributed by atoms with Crippen molar-refractivity contribution in [3.8, 4) is 0 Å². The summed E-state index contributed by atoms with van der Waals surface area (Å²) < 4.78 is 0. The largest absolute Gasteiger partial charge is 0.382 e. The van der Waals surface area contributed by atoms with E-state index in [4.69, 9.17) is 0 Å². The van der Waals surface area contributed by atoms with Gasteiger partial charge in [-0.3, -0.25) is 14.5 Å². The van der Waals surface area contributed by atoms with Crippen LogP contribution in [-0.4, -0.2) is 30.3 Å². The summed E-state index contributed by atoms with van der Waals surface area (Å²) in [7, 11) is 1.49. The molecule has 4 nitrogen and oxygen atoms in total. The molecule has 0 saturated carbocycles. The maximum atomic E-state index is 11.7. The van der Waals surface area contributed by atoms with Crippen LogP contribution in [0.4, 0.5) is 5.69 Å². The third-order valence-corrected chi connectivity index (χ3v) is 2.54. The average Bonchev–Trinajstić information content (AvgIpc) is 2.52. The van der Waals surface area contributed by atoms with Crippen molar-refractivity contribution in [2.24, 2.45) is 0 Å². The van der Waals surface area contributed by atoms with Gasteiger partial charge in [-0.05, 0) is 18.2 Å². The third kappa shape index (κ3) is 1.48. The van der Waals surface area contributed by atoms with E-state index in [1.54, 1.807) is 24.3 Å². The van der Waals surface area contributed by atoms with Gasteiger partial charge in [0.2, 0.25) is 0 Å². The van der Waals surface area contributed by atoms with Gasteiger partial charge in [-0.1, -0.05) is 6.08 Å². The van der Waals surface area contributed by atoms with E-state index in [2.05, 4.69) is 11.9 Å². The minimum atomic E-state index is -0.248. The van der Waals surface area contributed by atoms with Crippen LogP contribution < -0.4 is 5.32 Å². The van der Waals surface area contributed by atoms with Crippen molar-refractivity contribution in [1.82, 2.24) is 4.90 Å². The minimum absolute atomic E-state index is 0.240. The van der Waals surface area contributed by atoms with E-state index in [9.17, 15) is 9.59 Å². The van der Waals surface area contributed by atoms with Crippen LogP contribution in [0, 0.1) is 0 Å². The molecule has 0 aromatic heterocycles. The van der Waals surface area contributed by atoms with Gasteiger partial charge in [-0.2, -0.15) is 0 Å². The molecule has 2 amide bonds. The molecular formula is C12H12N2O2. The van der Waals surface area contributed by atoms with Gasteiger partial charge in [0.05, 0.1) is 11.1 Å². The van der Waals surface area contributed by atoms with Crippen molar-refractivity contribution >= 4 is 17.5 Å². The summed E-state index contributed by atoms with van der Waals surface area (Å²) in [6.45, 7) is 4.22. The lowest BCUT2D eigenvalue weighted by molar-refractivity contribution is 0.0693. The Morgan fingerprint density at radius 2 is 2.00 bits per heavy atom. The van der Waals surface area contributed by atoms with Crippen LogP contribution >= 0.6 is 0 Å². The zero-order valence-electron chi connectivity index (χ0n) is 8.99. The monoisotopic (exact) mass is 216 g/mol. The molecule has 1 aliphatic rings. The first-order valence-corrected chi connectivity index (χ1v) is 4.96. The molecule has 0 saturated heterocycles. The first-order valence-electron chi connectivity index (χ1n) is 4.96. The molecule has 0 aliphatic carbocycles. The number of carbonyl (C=O) groups excluding carboxylic acids is 2. The highest BCUT2D eigenvalue weighted by Crippen LogP contribution is 2.24. The second-order valence-corrected chi connectivity index (χ2v) is 3.60. The Hall–Kier alpha value is -2.10. The molecule has 4 heteroatoms. The van der Waals surface area contributed by atoms with Gasteiger partial charge in [-0.25, -0.2) is 0 Å². The molecule has 2 rings (SSSR count). The summed E-state index contributed by atoms with van der Waals surface area (Å²) in [5.74, 6) is -0.488. The fourth-order valence-corrected chi connectivity index (χ4v) is 1.66. The number of nitrogens with one attached hydrogen (secondary N) is 1. The lowest BCUT2D eigenvalue weighted by Gasteiger charge is -2.04. The number of carbonyl (C=O) groups is 2. The molecule has 0 fully saturated rings. The molecule has 82 valence electrons. The Labute approximate surface area is 93.6 Å². The summed E-state index contributed by atoms with van der Waals surface area (Å²) in [5.41, 5.74) is 1.74. The van der Waals surface area contributed by atoms with Gasteiger partial charge >= 0.3 is 0 Å². The van der Waals surface area contributed by atoms with Gasteiger partial charge in [-0.15, -0.1) is 6.58 Å². The van der Waals surface area contributed by atoms with Crippen molar-refractivity contribution in [3.05, 3.63) is 42.0 Å². The SMILES string of the molecule is C=CCNc1ccc2c(c1)C(=O)N(C)C2=O. The molecule has 0 spiro atoms. The van der Waals surface area contributed by atoms with Crippen LogP contribution in [0.3, 0.4) is 0 Å². The molecule has 1 aromatic carbocycles. The number of hydrogen-bond donors (Lipinski definition) is 1. The number of rotatable bonds is 3. The zero-order valence-corrected chi connectivity index (χ0v) is 8.99. The van der Waals surface area contributed by atoms with Crippen LogP contribution in [0.1, 0.15) is 20.7 Å². The first-order chi connectivity index (χ1) is 7.65. The molecule has 1 N–H and O–H groups in total. The van der Waals surface area contributed by atoms with Crippen molar-refractivity contribution in [3.63, 3.8) is 0 Å². The van der Waals surface area contributed by atoms with Crippen LogP contribution in [-0.2, 0) is 0 Å². The Balaban J connectivity index is 2.37. The van der Waals surface area contributed by atoms with Crippen LogP contribution in [0.2, 0.25) is 0 Å². The van der Waals surface area contributed by atoms with Crippen LogP contribution in [0.25, 0.3) is 0 Å². The molecule has 0 unspecified atom stereocenters. The van der Waals surface area contributed by atoms with E-state index in [0.717, 1.165) is 10.6 Å². The highest BCUT2D eigenvalue weighted by atomic mass is 16.2. The fraction of sp³-hybridized carbons (Fsp3) is 0.167. The maximum Gasteiger partial charge on any atom is 0.261 e. The Kier molecular flexibility index (Phi) is 2.48. The molecule has 0 radical (unpaired) electrons. The van der Waals surface area contributed by atoms with E-state index in [0.29, 0.717) is 17.7 Å². The Morgan fingerprint density at radius 1 is 1.31 bits per heavy atom. The minimum Gasteiger partial charge on any atom is -0.382 e. The zero-order chi connectivity index (χ0) is 11.7. The quantitative estimate of drug-likeness (QED) is 0.615. The van der Waals surface area contributed by atoms with Crippen molar-refractivity contribution < 1.29 is 9.59 Å². The summed E-state index contributed by atoms with van der Waals surface area (Å²) in [5, 5.41) is 3.07. The predicted octanol–water partition coefficient (Wildman–Crippen LogP) is 1.51. The number of benzene rings is 1. The first kappa shape index (κ1) is 10.4. The Morgan fingerprint density at radius 3 is 2.69 bits per heavy atom. The predicted molar refractivity (Wildman–Crippen MR) is 61.6 cm³/mol. The van der Waals surface area contributed by atoms with Crippen molar-refractivity contribution in [2.45, 2.75) is 0 Å². The molecule has 1 aromatic rings. The van der Waals surface area contributed by atoms with E-state index < -0.39 is 0 Å². The second-order valence-electron chi connectivity index (χ2n) is 3.60. The molecule has 1 heterocycles. The number of anilines is 1. The highest BCUT2D eigenvalue weighted by molar-refractivity contribution is 6.21. The van der Waals surface area contributed by atoms with E-state index in [1.807, 2.05) is 0 Å². The van der Waals surface area contributed by atoms with Crippen molar-refractivity contribution in [2.75, 3.05) is 18.9 Å². The molecule has 16 heavy (non-hydrogen) atoms. The third-order valence-electron chi connectivity index (χ3n) is 2.54. The number of nitrogens with zero attached hydrogens (tertiary/aromatic N) is 1. The van der Waals surface area contributed by atoms with Crippen LogP contribution in [0.15, 0.2) is 30.9 Å². The molecule has 1 aliphatic heterocycles. The smallest absolute Gasteiger partial charge is 0.261 e. The van der Waals surface area contributed by atoms with Gasteiger partial charge in [0, 0.05) is 19.3 Å². The van der Waals surface area contributed by atoms with E-state index in [1.165, 1.54) is 7.05 Å². The molecule has 0 bridgehead atoms. The fourth-order valence-electron chi connectivity index (χ4n) is 1.66. The molecule has 0 atom stereocenters. The lowest BCUT2D eigenvalue weighted by Crippen LogP contribution is -2.24. The second kappa shape index (κ2) is 3.81. The van der Waals surface area contributed by atoms with Crippen molar-refractivity contribution in [1.29, 1.82) is 0 Å². The summed E-state index contributed by atoms with van der Waals surface area (Å²) in [6, 6.07) is 5.15. The number of fused-ring (bicyclic) bond motifs is 1. The summed E-state index contributed by atoms with van der Waals surface area (Å²) in [6.07, 6.45) is 1.73. The average molecular weight is 216 g/mol. The summed E-state index contributed by atoms with van der Waals surface area (Å²) >= 11 is 0. The van der Waals surface area contributed by atoms with Crippen LogP contribution in [0.5, 0.6) is 0 Å². The standard InChI is InChI=1S/C12H12N2O2/c1-3-6-13-8-4-5-9-10(7-8)12(16)14(2)11(9)15/h3-5,7,13H,1,6H2,2H3. The van der Waals surface area contributed by atoms with Gasteiger partial charge in [0.1, 0.15) is 0 Å². The highest BCUT2D eigenvalue weighted by Gasteiger charge is 2.32. The Bertz CT molecular complexity index is 480. The molecular weight excluding hydrogens is 204 g/mol. The number of hydrogen-bond acceptors (Lipinski definition) is 3. The topological polar surface area (TPSA) is 49.4 Å². The maximum absolute atomic E-state index is 11.7. The lowest BCUT2D eigenvalue weighted by atomic mass is 10.1. The summed E-state index contributed by atoms with van der Waals surface area (Å²) in [4.78, 5) is 24.4. The number of imide groups is 1. The van der Waals surface area contributed by atoms with E-state index >= 15 is 0 Å². The van der Waals surface area contributed by atoms with Gasteiger partial charge in [0.25, 0.3) is 11.8 Å². The normalized spacial score (nSPS) is 13.9.